The van der Waals surface area contributed by atoms with Gasteiger partial charge in [-0.15, -0.1) is 0 Å². The number of hydrogen-bond acceptors (Lipinski definition) is 4. The van der Waals surface area contributed by atoms with Crippen molar-refractivity contribution < 1.29 is 24.2 Å². The van der Waals surface area contributed by atoms with E-state index < -0.39 is 12.6 Å². The summed E-state index contributed by atoms with van der Waals surface area (Å²) >= 11 is 0. The van der Waals surface area contributed by atoms with Crippen molar-refractivity contribution in [3.8, 4) is 11.5 Å². The number of carbonyl (C=O) groups excluding carboxylic acids is 1. The van der Waals surface area contributed by atoms with E-state index in [4.69, 9.17) is 14.6 Å². The molecule has 6 heteroatoms. The Kier molecular flexibility index (Phi) is 5.73. The maximum Gasteiger partial charge on any atom is 0.341 e. The van der Waals surface area contributed by atoms with Crippen molar-refractivity contribution in [2.45, 2.75) is 19.4 Å². The second-order valence-electron chi connectivity index (χ2n) is 6.29. The lowest BCUT2D eigenvalue weighted by Crippen LogP contribution is -2.22. The van der Waals surface area contributed by atoms with Gasteiger partial charge in [-0.05, 0) is 60.7 Å². The maximum absolute atomic E-state index is 12.2. The zero-order chi connectivity index (χ0) is 18.4. The van der Waals surface area contributed by atoms with E-state index >= 15 is 0 Å². The highest BCUT2D eigenvalue weighted by Gasteiger charge is 2.21. The molecule has 1 amide bonds. The summed E-state index contributed by atoms with van der Waals surface area (Å²) in [4.78, 5) is 22.8. The standard InChI is InChI=1S/C20H21NO5/c22-19(23)13-26-18-3-1-2-15(10-18)11-21-20(24)16-6-8-17(9-7-16)25-12-14-4-5-14/h1-3,6-10,14H,4-5,11-13H2,(H,21,24)(H,22,23). The molecule has 0 saturated heterocycles. The number of hydrogen-bond donors (Lipinski definition) is 2. The Balaban J connectivity index is 1.49. The van der Waals surface area contributed by atoms with Gasteiger partial charge in [0.1, 0.15) is 11.5 Å². The number of carboxylic acid groups (broad SMARTS) is 1. The Morgan fingerprint density at radius 1 is 1.04 bits per heavy atom. The predicted molar refractivity (Wildman–Crippen MR) is 95.4 cm³/mol. The molecule has 2 aromatic carbocycles. The van der Waals surface area contributed by atoms with Crippen LogP contribution in [-0.2, 0) is 11.3 Å². The van der Waals surface area contributed by atoms with Gasteiger partial charge in [-0.3, -0.25) is 4.79 Å². The van der Waals surface area contributed by atoms with Crippen LogP contribution in [0.15, 0.2) is 48.5 Å². The average Bonchev–Trinajstić information content (AvgIpc) is 3.48. The van der Waals surface area contributed by atoms with Gasteiger partial charge in [-0.25, -0.2) is 4.79 Å². The predicted octanol–water partition coefficient (Wildman–Crippen LogP) is 2.87. The lowest BCUT2D eigenvalue weighted by atomic mass is 10.2. The van der Waals surface area contributed by atoms with Gasteiger partial charge >= 0.3 is 5.97 Å². The third-order valence-corrected chi connectivity index (χ3v) is 4.01. The number of nitrogens with one attached hydrogen (secondary N) is 1. The van der Waals surface area contributed by atoms with Gasteiger partial charge < -0.3 is 19.9 Å². The van der Waals surface area contributed by atoms with E-state index in [2.05, 4.69) is 5.32 Å². The topological polar surface area (TPSA) is 84.9 Å². The quantitative estimate of drug-likeness (QED) is 0.722. The Morgan fingerprint density at radius 3 is 2.50 bits per heavy atom. The third kappa shape index (κ3) is 5.51. The van der Waals surface area contributed by atoms with Crippen molar-refractivity contribution in [1.82, 2.24) is 5.32 Å². The zero-order valence-electron chi connectivity index (χ0n) is 14.3. The van der Waals surface area contributed by atoms with Crippen molar-refractivity contribution in [3.05, 3.63) is 59.7 Å². The molecule has 0 unspecified atom stereocenters. The van der Waals surface area contributed by atoms with Gasteiger partial charge in [0, 0.05) is 12.1 Å². The molecule has 1 aliphatic carbocycles. The van der Waals surface area contributed by atoms with Gasteiger partial charge in [0.05, 0.1) is 6.61 Å². The summed E-state index contributed by atoms with van der Waals surface area (Å²) in [5.41, 5.74) is 1.38. The zero-order valence-corrected chi connectivity index (χ0v) is 14.3. The van der Waals surface area contributed by atoms with Crippen molar-refractivity contribution >= 4 is 11.9 Å². The largest absolute Gasteiger partial charge is 0.493 e. The minimum Gasteiger partial charge on any atom is -0.493 e. The van der Waals surface area contributed by atoms with E-state index in [9.17, 15) is 9.59 Å². The monoisotopic (exact) mass is 355 g/mol. The van der Waals surface area contributed by atoms with Crippen LogP contribution < -0.4 is 14.8 Å². The molecule has 1 aliphatic rings. The van der Waals surface area contributed by atoms with Gasteiger partial charge in [0.25, 0.3) is 5.91 Å². The Morgan fingerprint density at radius 2 is 1.81 bits per heavy atom. The van der Waals surface area contributed by atoms with E-state index in [0.717, 1.165) is 17.9 Å². The summed E-state index contributed by atoms with van der Waals surface area (Å²) < 4.78 is 10.8. The summed E-state index contributed by atoms with van der Waals surface area (Å²) in [6.07, 6.45) is 2.48. The van der Waals surface area contributed by atoms with Crippen LogP contribution in [0, 0.1) is 5.92 Å². The summed E-state index contributed by atoms with van der Waals surface area (Å²) in [6.45, 7) is 0.667. The Bertz CT molecular complexity index is 768. The minimum atomic E-state index is -1.03. The molecule has 0 radical (unpaired) electrons. The molecule has 0 heterocycles. The van der Waals surface area contributed by atoms with Gasteiger partial charge in [-0.1, -0.05) is 12.1 Å². The van der Waals surface area contributed by atoms with E-state index in [1.165, 1.54) is 12.8 Å². The number of carboxylic acids is 1. The molecule has 26 heavy (non-hydrogen) atoms. The molecule has 0 spiro atoms. The summed E-state index contributed by atoms with van der Waals surface area (Å²) in [5, 5.41) is 11.5. The SMILES string of the molecule is O=C(O)COc1cccc(CNC(=O)c2ccc(OCC3CC3)cc2)c1. The van der Waals surface area contributed by atoms with E-state index in [0.29, 0.717) is 23.8 Å². The fraction of sp³-hybridized carbons (Fsp3) is 0.300. The normalized spacial score (nSPS) is 13.1. The number of amides is 1. The molecular formula is C20H21NO5. The van der Waals surface area contributed by atoms with Crippen molar-refractivity contribution in [2.24, 2.45) is 5.92 Å². The van der Waals surface area contributed by atoms with Crippen molar-refractivity contribution in [3.63, 3.8) is 0 Å². The minimum absolute atomic E-state index is 0.185. The lowest BCUT2D eigenvalue weighted by Gasteiger charge is -2.09. The number of aliphatic carboxylic acids is 1. The van der Waals surface area contributed by atoms with E-state index in [1.807, 2.05) is 6.07 Å². The lowest BCUT2D eigenvalue weighted by molar-refractivity contribution is -0.139. The molecule has 3 rings (SSSR count). The molecule has 0 atom stereocenters. The molecule has 2 aromatic rings. The summed E-state index contributed by atoms with van der Waals surface area (Å²) in [5.74, 6) is 0.699. The molecule has 0 aromatic heterocycles. The second kappa shape index (κ2) is 8.38. The first-order valence-corrected chi connectivity index (χ1v) is 8.55. The second-order valence-corrected chi connectivity index (χ2v) is 6.29. The van der Waals surface area contributed by atoms with Crippen LogP contribution in [0.3, 0.4) is 0 Å². The number of rotatable bonds is 9. The highest BCUT2D eigenvalue weighted by atomic mass is 16.5. The van der Waals surface area contributed by atoms with Crippen molar-refractivity contribution in [1.29, 1.82) is 0 Å². The summed E-state index contributed by atoms with van der Waals surface area (Å²) in [6, 6.07) is 14.1. The smallest absolute Gasteiger partial charge is 0.341 e. The van der Waals surface area contributed by atoms with Crippen LogP contribution >= 0.6 is 0 Å². The highest BCUT2D eigenvalue weighted by Crippen LogP contribution is 2.29. The van der Waals surface area contributed by atoms with Crippen LogP contribution in [0.4, 0.5) is 0 Å². The van der Waals surface area contributed by atoms with Crippen LogP contribution in [0.5, 0.6) is 11.5 Å². The molecule has 0 bridgehead atoms. The molecule has 1 fully saturated rings. The average molecular weight is 355 g/mol. The molecular weight excluding hydrogens is 334 g/mol. The van der Waals surface area contributed by atoms with Gasteiger partial charge in [0.2, 0.25) is 0 Å². The Hall–Kier alpha value is -3.02. The van der Waals surface area contributed by atoms with Gasteiger partial charge in [-0.2, -0.15) is 0 Å². The van der Waals surface area contributed by atoms with Crippen LogP contribution in [-0.4, -0.2) is 30.2 Å². The molecule has 2 N–H and O–H groups in total. The third-order valence-electron chi connectivity index (χ3n) is 4.01. The van der Waals surface area contributed by atoms with Crippen LogP contribution in [0.1, 0.15) is 28.8 Å². The maximum atomic E-state index is 12.2. The first-order valence-electron chi connectivity index (χ1n) is 8.55. The first-order chi connectivity index (χ1) is 12.6. The molecule has 0 aliphatic heterocycles. The number of ether oxygens (including phenoxy) is 2. The highest BCUT2D eigenvalue weighted by molar-refractivity contribution is 5.94. The number of carbonyl (C=O) groups is 2. The van der Waals surface area contributed by atoms with E-state index in [-0.39, 0.29) is 5.91 Å². The summed E-state index contributed by atoms with van der Waals surface area (Å²) in [7, 11) is 0. The van der Waals surface area contributed by atoms with Crippen LogP contribution in [0.25, 0.3) is 0 Å². The van der Waals surface area contributed by atoms with Crippen molar-refractivity contribution in [2.75, 3.05) is 13.2 Å². The molecule has 6 nitrogen and oxygen atoms in total. The van der Waals surface area contributed by atoms with Gasteiger partial charge in [0.15, 0.2) is 6.61 Å². The van der Waals surface area contributed by atoms with E-state index in [1.54, 1.807) is 42.5 Å². The molecule has 136 valence electrons. The number of benzene rings is 2. The Labute approximate surface area is 151 Å². The fourth-order valence-electron chi connectivity index (χ4n) is 2.38. The first kappa shape index (κ1) is 17.8. The molecule has 1 saturated carbocycles. The van der Waals surface area contributed by atoms with Crippen LogP contribution in [0.2, 0.25) is 0 Å². The fourth-order valence-corrected chi connectivity index (χ4v) is 2.38.